The van der Waals surface area contributed by atoms with Gasteiger partial charge in [0.2, 0.25) is 5.91 Å². The van der Waals surface area contributed by atoms with E-state index in [1.165, 1.54) is 5.69 Å². The van der Waals surface area contributed by atoms with Gasteiger partial charge in [-0.05, 0) is 51.0 Å². The van der Waals surface area contributed by atoms with E-state index in [0.29, 0.717) is 6.54 Å². The topological polar surface area (TPSA) is 35.6 Å². The molecule has 1 aromatic carbocycles. The first-order valence-electron chi connectivity index (χ1n) is 8.52. The molecule has 1 N–H and O–H groups in total. The number of anilines is 2. The van der Waals surface area contributed by atoms with Gasteiger partial charge in [-0.25, -0.2) is 0 Å². The third-order valence-corrected chi connectivity index (χ3v) is 3.78. The van der Waals surface area contributed by atoms with E-state index < -0.39 is 0 Å². The number of amides is 1. The van der Waals surface area contributed by atoms with Crippen LogP contribution in [-0.2, 0) is 4.79 Å². The van der Waals surface area contributed by atoms with Crippen LogP contribution in [0.2, 0.25) is 0 Å². The average Bonchev–Trinajstić information content (AvgIpc) is 2.54. The van der Waals surface area contributed by atoms with E-state index >= 15 is 0 Å². The zero-order valence-corrected chi connectivity index (χ0v) is 14.6. The molecule has 0 aliphatic heterocycles. The summed E-state index contributed by atoms with van der Waals surface area (Å²) in [5, 5.41) is 3.23. The van der Waals surface area contributed by atoms with Crippen molar-refractivity contribution in [2.75, 3.05) is 42.9 Å². The number of benzene rings is 1. The molecule has 22 heavy (non-hydrogen) atoms. The summed E-state index contributed by atoms with van der Waals surface area (Å²) in [6, 6.07) is 8.31. The molecule has 0 bridgehead atoms. The fourth-order valence-corrected chi connectivity index (χ4v) is 2.57. The maximum Gasteiger partial charge on any atom is 0.241 e. The lowest BCUT2D eigenvalue weighted by molar-refractivity contribution is -0.129. The van der Waals surface area contributed by atoms with Crippen molar-refractivity contribution in [1.82, 2.24) is 4.90 Å². The van der Waals surface area contributed by atoms with Gasteiger partial charge in [0.05, 0.1) is 6.54 Å². The van der Waals surface area contributed by atoms with E-state index in [0.717, 1.165) is 44.7 Å². The summed E-state index contributed by atoms with van der Waals surface area (Å²) in [7, 11) is 0. The molecule has 0 aromatic heterocycles. The normalized spacial score (nSPS) is 10.4. The highest BCUT2D eigenvalue weighted by Crippen LogP contribution is 2.17. The molecule has 124 valence electrons. The monoisotopic (exact) mass is 305 g/mol. The lowest BCUT2D eigenvalue weighted by atomic mass is 10.2. The van der Waals surface area contributed by atoms with Crippen molar-refractivity contribution in [3.8, 4) is 0 Å². The Morgan fingerprint density at radius 2 is 1.50 bits per heavy atom. The fraction of sp³-hybridized carbons (Fsp3) is 0.611. The highest BCUT2D eigenvalue weighted by molar-refractivity contribution is 5.81. The van der Waals surface area contributed by atoms with Crippen LogP contribution in [0.15, 0.2) is 24.3 Å². The van der Waals surface area contributed by atoms with Crippen molar-refractivity contribution in [3.63, 3.8) is 0 Å². The van der Waals surface area contributed by atoms with Gasteiger partial charge < -0.3 is 15.1 Å². The minimum absolute atomic E-state index is 0.177. The quantitative estimate of drug-likeness (QED) is 0.717. The maximum atomic E-state index is 12.2. The van der Waals surface area contributed by atoms with E-state index in [1.807, 2.05) is 17.0 Å². The van der Waals surface area contributed by atoms with Gasteiger partial charge >= 0.3 is 0 Å². The van der Waals surface area contributed by atoms with Gasteiger partial charge in [0.1, 0.15) is 0 Å². The largest absolute Gasteiger partial charge is 0.376 e. The van der Waals surface area contributed by atoms with Gasteiger partial charge in [-0.1, -0.05) is 13.8 Å². The summed E-state index contributed by atoms with van der Waals surface area (Å²) in [5.41, 5.74) is 2.22. The Bertz CT molecular complexity index is 420. The molecule has 0 aliphatic carbocycles. The summed E-state index contributed by atoms with van der Waals surface area (Å²) >= 11 is 0. The molecule has 0 atom stereocenters. The molecule has 0 fully saturated rings. The zero-order chi connectivity index (χ0) is 16.4. The first-order valence-corrected chi connectivity index (χ1v) is 8.52. The fourth-order valence-electron chi connectivity index (χ4n) is 2.57. The second-order valence-electron chi connectivity index (χ2n) is 5.45. The highest BCUT2D eigenvalue weighted by atomic mass is 16.2. The van der Waals surface area contributed by atoms with Crippen molar-refractivity contribution in [1.29, 1.82) is 0 Å². The third-order valence-electron chi connectivity index (χ3n) is 3.78. The van der Waals surface area contributed by atoms with Gasteiger partial charge in [-0.3, -0.25) is 4.79 Å². The summed E-state index contributed by atoms with van der Waals surface area (Å²) in [4.78, 5) is 16.5. The first-order chi connectivity index (χ1) is 10.7. The van der Waals surface area contributed by atoms with Gasteiger partial charge in [-0.15, -0.1) is 0 Å². The van der Waals surface area contributed by atoms with E-state index in [9.17, 15) is 4.79 Å². The van der Waals surface area contributed by atoms with Gasteiger partial charge in [0, 0.05) is 37.6 Å². The number of hydrogen-bond donors (Lipinski definition) is 1. The van der Waals surface area contributed by atoms with Crippen LogP contribution in [0.1, 0.15) is 40.5 Å². The maximum absolute atomic E-state index is 12.2. The van der Waals surface area contributed by atoms with Crippen LogP contribution < -0.4 is 10.2 Å². The average molecular weight is 305 g/mol. The Balaban J connectivity index is 2.55. The number of carbonyl (C=O) groups excluding carboxylic acids is 1. The van der Waals surface area contributed by atoms with Gasteiger partial charge in [0.25, 0.3) is 0 Å². The summed E-state index contributed by atoms with van der Waals surface area (Å²) in [6.45, 7) is 12.6. The molecule has 0 unspecified atom stereocenters. The van der Waals surface area contributed by atoms with Crippen molar-refractivity contribution < 1.29 is 4.79 Å². The molecule has 0 aliphatic rings. The molecule has 1 rings (SSSR count). The summed E-state index contributed by atoms with van der Waals surface area (Å²) in [6.07, 6.45) is 2.01. The third kappa shape index (κ3) is 5.58. The number of carbonyl (C=O) groups is 1. The SMILES string of the molecule is CCCN(CCC)C(=O)CNc1ccc(N(CC)CC)cc1. The number of rotatable bonds is 10. The Hall–Kier alpha value is -1.71. The smallest absolute Gasteiger partial charge is 0.241 e. The predicted octanol–water partition coefficient (Wildman–Crippen LogP) is 3.59. The number of hydrogen-bond acceptors (Lipinski definition) is 3. The molecule has 0 saturated carbocycles. The van der Waals surface area contributed by atoms with Crippen molar-refractivity contribution in [2.45, 2.75) is 40.5 Å². The minimum atomic E-state index is 0.177. The minimum Gasteiger partial charge on any atom is -0.376 e. The van der Waals surface area contributed by atoms with Crippen LogP contribution in [0.4, 0.5) is 11.4 Å². The second-order valence-corrected chi connectivity index (χ2v) is 5.45. The van der Waals surface area contributed by atoms with E-state index in [2.05, 4.69) is 50.0 Å². The summed E-state index contributed by atoms with van der Waals surface area (Å²) < 4.78 is 0. The molecule has 4 nitrogen and oxygen atoms in total. The summed E-state index contributed by atoms with van der Waals surface area (Å²) in [5.74, 6) is 0.177. The Labute approximate surface area is 135 Å². The molecular formula is C18H31N3O. The van der Waals surface area contributed by atoms with Crippen molar-refractivity contribution in [3.05, 3.63) is 24.3 Å². The van der Waals surface area contributed by atoms with Crippen LogP contribution in [0, 0.1) is 0 Å². The van der Waals surface area contributed by atoms with Crippen molar-refractivity contribution in [2.24, 2.45) is 0 Å². The Morgan fingerprint density at radius 1 is 0.955 bits per heavy atom. The van der Waals surface area contributed by atoms with Crippen LogP contribution in [-0.4, -0.2) is 43.5 Å². The molecule has 0 radical (unpaired) electrons. The molecular weight excluding hydrogens is 274 g/mol. The standard InChI is InChI=1S/C18H31N3O/c1-5-13-21(14-6-2)18(22)15-19-16-9-11-17(12-10-16)20(7-3)8-4/h9-12,19H,5-8,13-15H2,1-4H3. The molecule has 0 heterocycles. The predicted molar refractivity (Wildman–Crippen MR) is 95.7 cm³/mol. The van der Waals surface area contributed by atoms with Crippen LogP contribution in [0.5, 0.6) is 0 Å². The lowest BCUT2D eigenvalue weighted by Crippen LogP contribution is -2.36. The number of nitrogens with one attached hydrogen (secondary N) is 1. The van der Waals surface area contributed by atoms with Crippen LogP contribution in [0.3, 0.4) is 0 Å². The molecule has 1 amide bonds. The highest BCUT2D eigenvalue weighted by Gasteiger charge is 2.11. The molecule has 4 heteroatoms. The van der Waals surface area contributed by atoms with Crippen molar-refractivity contribution >= 4 is 17.3 Å². The zero-order valence-electron chi connectivity index (χ0n) is 14.6. The second kappa shape index (κ2) is 10.1. The molecule has 1 aromatic rings. The number of nitrogens with zero attached hydrogens (tertiary/aromatic N) is 2. The molecule has 0 spiro atoms. The Kier molecular flexibility index (Phi) is 8.41. The molecule has 0 saturated heterocycles. The van der Waals surface area contributed by atoms with E-state index in [1.54, 1.807) is 0 Å². The van der Waals surface area contributed by atoms with E-state index in [-0.39, 0.29) is 5.91 Å². The first kappa shape index (κ1) is 18.3. The van der Waals surface area contributed by atoms with Gasteiger partial charge in [-0.2, -0.15) is 0 Å². The Morgan fingerprint density at radius 3 is 1.95 bits per heavy atom. The van der Waals surface area contributed by atoms with Crippen LogP contribution >= 0.6 is 0 Å². The van der Waals surface area contributed by atoms with Crippen LogP contribution in [0.25, 0.3) is 0 Å². The van der Waals surface area contributed by atoms with Gasteiger partial charge in [0.15, 0.2) is 0 Å². The van der Waals surface area contributed by atoms with E-state index in [4.69, 9.17) is 0 Å². The lowest BCUT2D eigenvalue weighted by Gasteiger charge is -2.23.